The number of nitrogens with zero attached hydrogens (tertiary/aromatic N) is 2. The second-order valence-electron chi connectivity index (χ2n) is 3.34. The third-order valence-corrected chi connectivity index (χ3v) is 2.69. The van der Waals surface area contributed by atoms with Crippen LogP contribution in [-0.2, 0) is 6.18 Å². The van der Waals surface area contributed by atoms with E-state index in [0.29, 0.717) is 6.07 Å². The number of carbonyl (C=O) groups is 1. The monoisotopic (exact) mass is 336 g/mol. The van der Waals surface area contributed by atoms with Crippen LogP contribution in [0.5, 0.6) is 0 Å². The molecule has 0 spiro atoms. The molecule has 0 fully saturated rings. The number of alkyl halides is 4. The first kappa shape index (κ1) is 15.1. The van der Waals surface area contributed by atoms with Gasteiger partial charge in [0.1, 0.15) is 11.6 Å². The summed E-state index contributed by atoms with van der Waals surface area (Å²) in [6, 6.07) is 2.19. The molecule has 1 aromatic rings. The van der Waals surface area contributed by atoms with E-state index >= 15 is 0 Å². The number of nitro groups is 1. The number of ketones is 1. The Labute approximate surface area is 112 Å². The molecule has 0 aliphatic rings. The average molecular weight is 337 g/mol. The van der Waals surface area contributed by atoms with Crippen LogP contribution in [0.25, 0.3) is 0 Å². The third-order valence-electron chi connectivity index (χ3n) is 2.18. The van der Waals surface area contributed by atoms with Gasteiger partial charge in [-0.1, -0.05) is 15.9 Å². The summed E-state index contributed by atoms with van der Waals surface area (Å²) in [5.41, 5.74) is -3.78. The molecule has 0 radical (unpaired) electrons. The fourth-order valence-electron chi connectivity index (χ4n) is 1.37. The molecule has 0 unspecified atom stereocenters. The molecule has 1 aromatic carbocycles. The largest absolute Gasteiger partial charge is 0.417 e. The topological polar surface area (TPSA) is 84.0 Å². The average Bonchev–Trinajstić information content (AvgIpc) is 2.34. The van der Waals surface area contributed by atoms with E-state index in [-0.39, 0.29) is 6.07 Å². The van der Waals surface area contributed by atoms with Gasteiger partial charge in [-0.15, -0.1) is 0 Å². The highest BCUT2D eigenvalue weighted by atomic mass is 79.9. The van der Waals surface area contributed by atoms with E-state index in [0.717, 1.165) is 0 Å². The Morgan fingerprint density at radius 2 is 2.05 bits per heavy atom. The van der Waals surface area contributed by atoms with Gasteiger partial charge in [0.15, 0.2) is 5.78 Å². The number of nitriles is 1. The second-order valence-corrected chi connectivity index (χ2v) is 3.90. The Kier molecular flexibility index (Phi) is 4.26. The van der Waals surface area contributed by atoms with Gasteiger partial charge in [0.05, 0.1) is 15.8 Å². The van der Waals surface area contributed by atoms with Gasteiger partial charge in [-0.3, -0.25) is 14.9 Å². The number of benzene rings is 1. The van der Waals surface area contributed by atoms with Crippen molar-refractivity contribution in [2.45, 2.75) is 6.18 Å². The molecule has 0 atom stereocenters. The maximum absolute atomic E-state index is 12.8. The predicted octanol–water partition coefficient (Wildman–Crippen LogP) is 3.06. The van der Waals surface area contributed by atoms with Crippen LogP contribution >= 0.6 is 15.9 Å². The highest BCUT2D eigenvalue weighted by Gasteiger charge is 2.37. The van der Waals surface area contributed by atoms with Gasteiger partial charge in [0.2, 0.25) is 0 Å². The minimum Gasteiger partial charge on any atom is -0.293 e. The number of hydrogen-bond acceptors (Lipinski definition) is 4. The van der Waals surface area contributed by atoms with E-state index in [2.05, 4.69) is 15.9 Å². The number of Topliss-reactive ketones (excluding diaryl/α,β-unsaturated/α-hetero) is 1. The Hall–Kier alpha value is -1.95. The Balaban J connectivity index is 3.69. The molecule has 0 saturated carbocycles. The number of carbonyl (C=O) groups excluding carboxylic acids is 1. The molecule has 0 saturated heterocycles. The zero-order valence-corrected chi connectivity index (χ0v) is 10.6. The second kappa shape index (κ2) is 5.36. The quantitative estimate of drug-likeness (QED) is 0.367. The van der Waals surface area contributed by atoms with Crippen LogP contribution in [0.4, 0.5) is 18.9 Å². The molecule has 5 nitrogen and oxygen atoms in total. The molecule has 0 amide bonds. The normalized spacial score (nSPS) is 10.9. The van der Waals surface area contributed by atoms with E-state index in [1.165, 1.54) is 6.07 Å². The van der Waals surface area contributed by atoms with Crippen molar-refractivity contribution in [2.75, 3.05) is 5.33 Å². The molecule has 0 aliphatic carbocycles. The Morgan fingerprint density at radius 3 is 2.42 bits per heavy atom. The number of rotatable bonds is 3. The van der Waals surface area contributed by atoms with Crippen molar-refractivity contribution in [1.29, 1.82) is 5.26 Å². The summed E-state index contributed by atoms with van der Waals surface area (Å²) in [6.07, 6.45) is -4.92. The summed E-state index contributed by atoms with van der Waals surface area (Å²) in [6.45, 7) is 0. The first-order valence-corrected chi connectivity index (χ1v) is 5.73. The lowest BCUT2D eigenvalue weighted by Gasteiger charge is -2.11. The zero-order valence-electron chi connectivity index (χ0n) is 8.99. The van der Waals surface area contributed by atoms with Gasteiger partial charge in [0.25, 0.3) is 5.69 Å². The van der Waals surface area contributed by atoms with Crippen LogP contribution in [0.15, 0.2) is 12.1 Å². The summed E-state index contributed by atoms with van der Waals surface area (Å²) >= 11 is 2.71. The Morgan fingerprint density at radius 1 is 1.47 bits per heavy atom. The van der Waals surface area contributed by atoms with Gasteiger partial charge in [-0.25, -0.2) is 0 Å². The summed E-state index contributed by atoms with van der Waals surface area (Å²) in [5.74, 6) is -0.918. The molecular weight excluding hydrogens is 333 g/mol. The maximum Gasteiger partial charge on any atom is 0.417 e. The molecule has 19 heavy (non-hydrogen) atoms. The fourth-order valence-corrected chi connectivity index (χ4v) is 1.67. The highest BCUT2D eigenvalue weighted by molar-refractivity contribution is 9.09. The van der Waals surface area contributed by atoms with Crippen LogP contribution in [0.1, 0.15) is 21.5 Å². The molecule has 0 aromatic heterocycles. The molecule has 1 rings (SSSR count). The smallest absolute Gasteiger partial charge is 0.293 e. The summed E-state index contributed by atoms with van der Waals surface area (Å²) < 4.78 is 38.3. The number of hydrogen-bond donors (Lipinski definition) is 0. The maximum atomic E-state index is 12.8. The highest BCUT2D eigenvalue weighted by Crippen LogP contribution is 2.36. The van der Waals surface area contributed by atoms with E-state index in [1.54, 1.807) is 0 Å². The van der Waals surface area contributed by atoms with Crippen molar-refractivity contribution >= 4 is 27.4 Å². The van der Waals surface area contributed by atoms with Crippen LogP contribution in [0, 0.1) is 21.4 Å². The molecule has 100 valence electrons. The molecular formula is C10H4BrF3N2O3. The molecule has 0 aliphatic heterocycles. The van der Waals surface area contributed by atoms with Crippen LogP contribution in [0.3, 0.4) is 0 Å². The van der Waals surface area contributed by atoms with E-state index in [9.17, 15) is 28.1 Å². The van der Waals surface area contributed by atoms with Gasteiger partial charge < -0.3 is 0 Å². The molecule has 0 N–H and O–H groups in total. The van der Waals surface area contributed by atoms with Crippen molar-refractivity contribution in [2.24, 2.45) is 0 Å². The molecule has 9 heteroatoms. The third kappa shape index (κ3) is 3.08. The van der Waals surface area contributed by atoms with Crippen molar-refractivity contribution in [3.63, 3.8) is 0 Å². The van der Waals surface area contributed by atoms with Crippen molar-refractivity contribution in [1.82, 2.24) is 0 Å². The van der Waals surface area contributed by atoms with Gasteiger partial charge in [0, 0.05) is 11.6 Å². The first-order chi connectivity index (χ1) is 8.72. The lowest BCUT2D eigenvalue weighted by atomic mass is 9.99. The minimum atomic E-state index is -4.92. The molecule has 0 heterocycles. The number of nitro benzene ring substituents is 1. The molecule has 0 bridgehead atoms. The first-order valence-electron chi connectivity index (χ1n) is 4.61. The Bertz CT molecular complexity index is 593. The minimum absolute atomic E-state index is 0.203. The van der Waals surface area contributed by atoms with Crippen molar-refractivity contribution in [3.8, 4) is 6.07 Å². The predicted molar refractivity (Wildman–Crippen MR) is 60.9 cm³/mol. The SMILES string of the molecule is N#Cc1cc(C(=O)CBr)c(C(F)(F)F)cc1[N+](=O)[O-]. The lowest BCUT2D eigenvalue weighted by Crippen LogP contribution is -2.15. The number of halogens is 4. The van der Waals surface area contributed by atoms with Crippen LogP contribution in [0.2, 0.25) is 0 Å². The van der Waals surface area contributed by atoms with E-state index in [4.69, 9.17) is 5.26 Å². The van der Waals surface area contributed by atoms with Crippen LogP contribution in [-0.4, -0.2) is 16.0 Å². The summed E-state index contributed by atoms with van der Waals surface area (Å²) in [4.78, 5) is 20.9. The summed E-state index contributed by atoms with van der Waals surface area (Å²) in [5, 5.41) is 18.9. The fraction of sp³-hybridized carbons (Fsp3) is 0.200. The standard InChI is InChI=1S/C10H4BrF3N2O3/c11-3-9(17)6-1-5(4-15)8(16(18)19)2-7(6)10(12,13)14/h1-2H,3H2. The van der Waals surface area contributed by atoms with Gasteiger partial charge in [-0.05, 0) is 6.07 Å². The van der Waals surface area contributed by atoms with E-state index in [1.807, 2.05) is 0 Å². The van der Waals surface area contributed by atoms with Crippen molar-refractivity contribution in [3.05, 3.63) is 38.9 Å². The van der Waals surface area contributed by atoms with Crippen LogP contribution < -0.4 is 0 Å². The van der Waals surface area contributed by atoms with Crippen molar-refractivity contribution < 1.29 is 22.9 Å². The lowest BCUT2D eigenvalue weighted by molar-refractivity contribution is -0.385. The zero-order chi connectivity index (χ0) is 14.8. The van der Waals surface area contributed by atoms with Gasteiger partial charge >= 0.3 is 6.18 Å². The van der Waals surface area contributed by atoms with Gasteiger partial charge in [-0.2, -0.15) is 18.4 Å². The summed E-state index contributed by atoms with van der Waals surface area (Å²) in [7, 11) is 0. The van der Waals surface area contributed by atoms with E-state index < -0.39 is 44.6 Å².